The van der Waals surface area contributed by atoms with Crippen molar-refractivity contribution in [2.24, 2.45) is 17.8 Å². The van der Waals surface area contributed by atoms with E-state index in [4.69, 9.17) is 16.3 Å². The Bertz CT molecular complexity index is 1090. The Labute approximate surface area is 227 Å². The number of nitrogens with zero attached hydrogens (tertiary/aromatic N) is 2. The standard InChI is InChI=1S/C28H35ClN2O5S/c1-6-13-30(23-17(5)9-8-10-18(23)29)26(34)24-28-12-11-20(37-28)21(27(35)36-14-7-2)22(28)25(33)31(24)19(15-32)16(3)4/h6-10,16,19-22,24,32H,1-2,11-15H2,3-5H3/t19-,20+,21-,22-,24?,28?/m0/s1. The number of aliphatic hydroxyl groups is 1. The zero-order valence-corrected chi connectivity index (χ0v) is 23.1. The molecule has 7 nitrogen and oxygen atoms in total. The van der Waals surface area contributed by atoms with E-state index in [2.05, 4.69) is 13.2 Å². The van der Waals surface area contributed by atoms with Crippen LogP contribution in [-0.2, 0) is 19.1 Å². The molecule has 200 valence electrons. The molecule has 37 heavy (non-hydrogen) atoms. The van der Waals surface area contributed by atoms with Gasteiger partial charge in [0.1, 0.15) is 12.6 Å². The number of fused-ring (bicyclic) bond motifs is 1. The Morgan fingerprint density at radius 3 is 2.68 bits per heavy atom. The number of amides is 2. The van der Waals surface area contributed by atoms with Crippen molar-refractivity contribution in [1.29, 1.82) is 0 Å². The van der Waals surface area contributed by atoms with E-state index in [1.54, 1.807) is 33.7 Å². The quantitative estimate of drug-likeness (QED) is 0.352. The predicted octanol–water partition coefficient (Wildman–Crippen LogP) is 4.00. The molecule has 1 spiro atoms. The number of aryl methyl sites for hydroxylation is 1. The number of hydrogen-bond acceptors (Lipinski definition) is 6. The van der Waals surface area contributed by atoms with E-state index in [9.17, 15) is 19.5 Å². The molecule has 0 saturated carbocycles. The minimum Gasteiger partial charge on any atom is -0.461 e. The van der Waals surface area contributed by atoms with Crippen LogP contribution in [0.3, 0.4) is 0 Å². The van der Waals surface area contributed by atoms with Gasteiger partial charge in [0.05, 0.1) is 39.9 Å². The highest BCUT2D eigenvalue weighted by molar-refractivity contribution is 8.02. The van der Waals surface area contributed by atoms with Crippen LogP contribution >= 0.6 is 23.4 Å². The van der Waals surface area contributed by atoms with E-state index < -0.39 is 34.6 Å². The van der Waals surface area contributed by atoms with E-state index >= 15 is 0 Å². The third-order valence-corrected chi connectivity index (χ3v) is 10.2. The number of benzene rings is 1. The number of carbonyl (C=O) groups is 3. The molecule has 3 aliphatic heterocycles. The average molecular weight is 547 g/mol. The Morgan fingerprint density at radius 1 is 1.35 bits per heavy atom. The second-order valence-electron chi connectivity index (χ2n) is 10.4. The number of anilines is 1. The molecular weight excluding hydrogens is 512 g/mol. The normalized spacial score (nSPS) is 28.8. The number of carbonyl (C=O) groups excluding carboxylic acids is 3. The molecule has 1 aromatic rings. The number of rotatable bonds is 10. The van der Waals surface area contributed by atoms with Gasteiger partial charge in [-0.3, -0.25) is 14.4 Å². The fourth-order valence-electron chi connectivity index (χ4n) is 6.39. The Balaban J connectivity index is 1.85. The maximum Gasteiger partial charge on any atom is 0.311 e. The van der Waals surface area contributed by atoms with Crippen molar-refractivity contribution in [3.63, 3.8) is 0 Å². The molecule has 0 aromatic heterocycles. The maximum absolute atomic E-state index is 14.6. The van der Waals surface area contributed by atoms with E-state index in [0.717, 1.165) is 5.56 Å². The average Bonchev–Trinajstić information content (AvgIpc) is 3.49. The molecule has 4 rings (SSSR count). The van der Waals surface area contributed by atoms with E-state index in [0.29, 0.717) is 23.6 Å². The lowest BCUT2D eigenvalue weighted by atomic mass is 9.71. The highest BCUT2D eigenvalue weighted by Crippen LogP contribution is 2.67. The van der Waals surface area contributed by atoms with Gasteiger partial charge < -0.3 is 19.6 Å². The summed E-state index contributed by atoms with van der Waals surface area (Å²) in [7, 11) is 0. The van der Waals surface area contributed by atoms with Gasteiger partial charge in [-0.05, 0) is 37.3 Å². The van der Waals surface area contributed by atoms with Gasteiger partial charge in [0.2, 0.25) is 5.91 Å². The van der Waals surface area contributed by atoms with Crippen molar-refractivity contribution >= 4 is 46.8 Å². The van der Waals surface area contributed by atoms with Gasteiger partial charge in [-0.1, -0.05) is 56.3 Å². The maximum atomic E-state index is 14.6. The van der Waals surface area contributed by atoms with Crippen molar-refractivity contribution in [3.8, 4) is 0 Å². The van der Waals surface area contributed by atoms with Crippen molar-refractivity contribution in [2.45, 2.75) is 55.7 Å². The molecule has 3 saturated heterocycles. The molecule has 1 aromatic carbocycles. The minimum atomic E-state index is -0.868. The molecular formula is C28H35ClN2O5S. The van der Waals surface area contributed by atoms with Crippen LogP contribution in [0.25, 0.3) is 0 Å². The highest BCUT2D eigenvalue weighted by Gasteiger charge is 2.75. The number of aliphatic hydroxyl groups excluding tert-OH is 1. The summed E-state index contributed by atoms with van der Waals surface area (Å²) in [5.74, 6) is -2.43. The zero-order valence-electron chi connectivity index (χ0n) is 21.6. The summed E-state index contributed by atoms with van der Waals surface area (Å²) >= 11 is 8.16. The first-order valence-electron chi connectivity index (χ1n) is 12.7. The van der Waals surface area contributed by atoms with E-state index in [1.165, 1.54) is 6.08 Å². The number of hydrogen-bond donors (Lipinski definition) is 1. The van der Waals surface area contributed by atoms with Gasteiger partial charge in [-0.15, -0.1) is 18.3 Å². The van der Waals surface area contributed by atoms with Gasteiger partial charge in [0.25, 0.3) is 5.91 Å². The molecule has 0 aliphatic carbocycles. The minimum absolute atomic E-state index is 0.0663. The van der Waals surface area contributed by atoms with Crippen LogP contribution < -0.4 is 4.90 Å². The monoisotopic (exact) mass is 546 g/mol. The molecule has 3 fully saturated rings. The van der Waals surface area contributed by atoms with Crippen molar-refractivity contribution < 1.29 is 24.2 Å². The fraction of sp³-hybridized carbons (Fsp3) is 0.536. The molecule has 0 radical (unpaired) electrons. The molecule has 3 heterocycles. The molecule has 2 bridgehead atoms. The van der Waals surface area contributed by atoms with Crippen LogP contribution in [0, 0.1) is 24.7 Å². The molecule has 6 atom stereocenters. The van der Waals surface area contributed by atoms with E-state index in [1.807, 2.05) is 32.9 Å². The Hall–Kier alpha value is -2.29. The number of halogens is 1. The van der Waals surface area contributed by atoms with Gasteiger partial charge in [0, 0.05) is 11.8 Å². The summed E-state index contributed by atoms with van der Waals surface area (Å²) in [5.41, 5.74) is 1.40. The largest absolute Gasteiger partial charge is 0.461 e. The zero-order chi connectivity index (χ0) is 27.1. The third-order valence-electron chi connectivity index (χ3n) is 7.94. The number of para-hydroxylation sites is 1. The predicted molar refractivity (Wildman–Crippen MR) is 147 cm³/mol. The van der Waals surface area contributed by atoms with Crippen molar-refractivity contribution in [2.75, 3.05) is 24.7 Å². The lowest BCUT2D eigenvalue weighted by molar-refractivity contribution is -0.153. The van der Waals surface area contributed by atoms with Crippen molar-refractivity contribution in [3.05, 3.63) is 54.1 Å². The number of likely N-dealkylation sites (tertiary alicyclic amines) is 1. The summed E-state index contributed by atoms with van der Waals surface area (Å²) in [6.45, 7) is 13.2. The summed E-state index contributed by atoms with van der Waals surface area (Å²) in [6.07, 6.45) is 4.47. The summed E-state index contributed by atoms with van der Waals surface area (Å²) < 4.78 is 4.62. The third kappa shape index (κ3) is 4.41. The van der Waals surface area contributed by atoms with Crippen LogP contribution in [0.1, 0.15) is 32.3 Å². The first kappa shape index (κ1) is 27.7. The first-order valence-corrected chi connectivity index (χ1v) is 14.0. The van der Waals surface area contributed by atoms with Gasteiger partial charge in [0.15, 0.2) is 0 Å². The lowest BCUT2D eigenvalue weighted by Gasteiger charge is -2.41. The van der Waals surface area contributed by atoms with Gasteiger partial charge >= 0.3 is 5.97 Å². The lowest BCUT2D eigenvalue weighted by Crippen LogP contribution is -2.58. The molecule has 2 unspecified atom stereocenters. The molecule has 1 N–H and O–H groups in total. The van der Waals surface area contributed by atoms with E-state index in [-0.39, 0.29) is 42.7 Å². The SMILES string of the molecule is C=CCOC(=O)[C@@H]1[C@H]2C(=O)N([C@@H](CO)C(C)C)C(C(=O)N(CC=C)c3c(C)cccc3Cl)C23CC[C@H]1S3. The Morgan fingerprint density at radius 2 is 2.08 bits per heavy atom. The highest BCUT2D eigenvalue weighted by atomic mass is 35.5. The first-order chi connectivity index (χ1) is 17.6. The van der Waals surface area contributed by atoms with Crippen LogP contribution in [0.2, 0.25) is 5.02 Å². The van der Waals surface area contributed by atoms with Crippen molar-refractivity contribution in [1.82, 2.24) is 4.90 Å². The summed E-state index contributed by atoms with van der Waals surface area (Å²) in [5, 5.41) is 10.7. The Kier molecular flexibility index (Phi) is 8.12. The number of ether oxygens (including phenoxy) is 1. The molecule has 3 aliphatic rings. The summed E-state index contributed by atoms with van der Waals surface area (Å²) in [6, 6.07) is 4.00. The van der Waals surface area contributed by atoms with Crippen LogP contribution in [0.5, 0.6) is 0 Å². The van der Waals surface area contributed by atoms with Crippen LogP contribution in [0.4, 0.5) is 5.69 Å². The summed E-state index contributed by atoms with van der Waals surface area (Å²) in [4.78, 5) is 45.1. The van der Waals surface area contributed by atoms with Crippen LogP contribution in [0.15, 0.2) is 43.5 Å². The molecule has 2 amide bonds. The number of thioether (sulfide) groups is 1. The van der Waals surface area contributed by atoms with Crippen LogP contribution in [-0.4, -0.2) is 69.6 Å². The molecule has 9 heteroatoms. The second kappa shape index (κ2) is 10.8. The van der Waals surface area contributed by atoms with Gasteiger partial charge in [-0.25, -0.2) is 0 Å². The smallest absolute Gasteiger partial charge is 0.311 e. The number of esters is 1. The van der Waals surface area contributed by atoms with Gasteiger partial charge in [-0.2, -0.15) is 0 Å². The topological polar surface area (TPSA) is 87.1 Å². The second-order valence-corrected chi connectivity index (χ2v) is 12.4. The fourth-order valence-corrected chi connectivity index (χ4v) is 8.90.